The van der Waals surface area contributed by atoms with Crippen molar-refractivity contribution in [2.24, 2.45) is 0 Å². The fraction of sp³-hybridized carbons (Fsp3) is 0.444. The average Bonchev–Trinajstić information content (AvgIpc) is 2.82. The van der Waals surface area contributed by atoms with Crippen LogP contribution in [0.2, 0.25) is 0 Å². The summed E-state index contributed by atoms with van der Waals surface area (Å²) in [7, 11) is 0. The molecule has 33 heavy (non-hydrogen) atoms. The lowest BCUT2D eigenvalue weighted by atomic mass is 10.0. The number of carbonyl (C=O) groups is 1. The average molecular weight is 452 g/mol. The predicted octanol–water partition coefficient (Wildman–Crippen LogP) is 6.23. The number of aryl methyl sites for hydroxylation is 1. The Morgan fingerprint density at radius 3 is 2.42 bits per heavy atom. The van der Waals surface area contributed by atoms with Crippen molar-refractivity contribution in [1.82, 2.24) is 4.98 Å². The summed E-state index contributed by atoms with van der Waals surface area (Å²) in [4.78, 5) is 27.6. The molecule has 0 radical (unpaired) electrons. The summed E-state index contributed by atoms with van der Waals surface area (Å²) >= 11 is 0. The molecule has 0 bridgehead atoms. The van der Waals surface area contributed by atoms with E-state index in [1.165, 1.54) is 19.3 Å². The van der Waals surface area contributed by atoms with Crippen molar-refractivity contribution in [3.05, 3.63) is 58.7 Å². The highest BCUT2D eigenvalue weighted by Gasteiger charge is 2.10. The number of ether oxygens (including phenoxy) is 2. The second-order valence-electron chi connectivity index (χ2n) is 8.24. The summed E-state index contributed by atoms with van der Waals surface area (Å²) in [6, 6.07) is 9.29. The van der Waals surface area contributed by atoms with E-state index in [2.05, 4.69) is 4.98 Å². The number of benzene rings is 1. The van der Waals surface area contributed by atoms with Gasteiger partial charge in [0.25, 0.3) is 0 Å². The molecule has 2 heterocycles. The number of nitrogens with zero attached hydrogens (tertiary/aromatic N) is 1. The second kappa shape index (κ2) is 12.8. The van der Waals surface area contributed by atoms with Gasteiger partial charge in [0.05, 0.1) is 18.8 Å². The van der Waals surface area contributed by atoms with E-state index >= 15 is 0 Å². The Morgan fingerprint density at radius 1 is 0.970 bits per heavy atom. The molecule has 0 aliphatic carbocycles. The van der Waals surface area contributed by atoms with Gasteiger partial charge < -0.3 is 13.9 Å². The molecule has 0 aliphatic heterocycles. The first kappa shape index (κ1) is 24.5. The number of fused-ring (bicyclic) bond motifs is 1. The van der Waals surface area contributed by atoms with E-state index < -0.39 is 0 Å². The first-order valence-electron chi connectivity index (χ1n) is 11.9. The Bertz CT molecular complexity index is 1110. The van der Waals surface area contributed by atoms with Gasteiger partial charge >= 0.3 is 11.6 Å². The largest absolute Gasteiger partial charge is 0.493 e. The molecule has 3 rings (SSSR count). The van der Waals surface area contributed by atoms with E-state index in [1.54, 1.807) is 18.5 Å². The third-order valence-electron chi connectivity index (χ3n) is 5.62. The first-order chi connectivity index (χ1) is 16.1. The van der Waals surface area contributed by atoms with E-state index in [0.29, 0.717) is 30.8 Å². The maximum Gasteiger partial charge on any atom is 0.344 e. The highest BCUT2D eigenvalue weighted by atomic mass is 16.5. The minimum absolute atomic E-state index is 0.114. The molecule has 0 aliphatic rings. The fourth-order valence-corrected chi connectivity index (χ4v) is 3.70. The number of hydrogen-bond donors (Lipinski definition) is 0. The maximum absolute atomic E-state index is 12.4. The van der Waals surface area contributed by atoms with Crippen molar-refractivity contribution >= 4 is 16.9 Å². The summed E-state index contributed by atoms with van der Waals surface area (Å²) in [6.45, 7) is 5.02. The Kier molecular flexibility index (Phi) is 9.48. The van der Waals surface area contributed by atoms with Crippen LogP contribution in [0.1, 0.15) is 63.9 Å². The van der Waals surface area contributed by atoms with Gasteiger partial charge in [0.2, 0.25) is 0 Å². The van der Waals surface area contributed by atoms with Gasteiger partial charge in [-0.2, -0.15) is 0 Å². The molecule has 2 aromatic heterocycles. The van der Waals surface area contributed by atoms with Crippen LogP contribution in [-0.2, 0) is 9.53 Å². The van der Waals surface area contributed by atoms with Crippen molar-refractivity contribution in [2.75, 3.05) is 13.2 Å². The lowest BCUT2D eigenvalue weighted by Crippen LogP contribution is -2.04. The number of esters is 1. The van der Waals surface area contributed by atoms with Gasteiger partial charge in [0, 0.05) is 24.2 Å². The standard InChI is InChI=1S/C27H33NO5/c1-3-26(29)32-16-10-8-6-4-5-7-9-15-31-24-12-11-21(17-20(24)2)23-18-22-19-28-14-13-25(22)33-27(23)30/h11-14,17-19H,3-10,15-16H2,1-2H3. The second-order valence-corrected chi connectivity index (χ2v) is 8.24. The van der Waals surface area contributed by atoms with E-state index in [4.69, 9.17) is 13.9 Å². The Hall–Kier alpha value is -3.15. The van der Waals surface area contributed by atoms with Crippen LogP contribution in [0.15, 0.2) is 51.9 Å². The summed E-state index contributed by atoms with van der Waals surface area (Å²) in [6.07, 6.45) is 11.5. The van der Waals surface area contributed by atoms with Crippen LogP contribution in [0.4, 0.5) is 0 Å². The molecule has 0 spiro atoms. The minimum atomic E-state index is -0.358. The van der Waals surface area contributed by atoms with E-state index in [-0.39, 0.29) is 11.6 Å². The molecular weight excluding hydrogens is 418 g/mol. The maximum atomic E-state index is 12.4. The molecule has 0 N–H and O–H groups in total. The van der Waals surface area contributed by atoms with Crippen molar-refractivity contribution in [3.8, 4) is 16.9 Å². The molecule has 0 atom stereocenters. The zero-order valence-corrected chi connectivity index (χ0v) is 19.6. The van der Waals surface area contributed by atoms with Crippen molar-refractivity contribution in [2.45, 2.75) is 65.2 Å². The van der Waals surface area contributed by atoms with Gasteiger partial charge in [-0.05, 0) is 55.2 Å². The monoisotopic (exact) mass is 451 g/mol. The number of pyridine rings is 1. The first-order valence-corrected chi connectivity index (χ1v) is 11.9. The molecule has 0 unspecified atom stereocenters. The highest BCUT2D eigenvalue weighted by Crippen LogP contribution is 2.26. The van der Waals surface area contributed by atoms with Gasteiger partial charge in [0.15, 0.2) is 0 Å². The molecule has 6 heteroatoms. The summed E-state index contributed by atoms with van der Waals surface area (Å²) in [5.41, 5.74) is 2.50. The van der Waals surface area contributed by atoms with Crippen LogP contribution in [-0.4, -0.2) is 24.2 Å². The smallest absolute Gasteiger partial charge is 0.344 e. The fourth-order valence-electron chi connectivity index (χ4n) is 3.70. The van der Waals surface area contributed by atoms with Crippen molar-refractivity contribution < 1.29 is 18.7 Å². The van der Waals surface area contributed by atoms with Crippen LogP contribution in [0.3, 0.4) is 0 Å². The Morgan fingerprint density at radius 2 is 1.70 bits per heavy atom. The molecule has 176 valence electrons. The lowest BCUT2D eigenvalue weighted by Gasteiger charge is -2.11. The number of hydrogen-bond acceptors (Lipinski definition) is 6. The summed E-state index contributed by atoms with van der Waals surface area (Å²) in [5.74, 6) is 0.726. The minimum Gasteiger partial charge on any atom is -0.493 e. The van der Waals surface area contributed by atoms with Crippen LogP contribution in [0, 0.1) is 6.92 Å². The van der Waals surface area contributed by atoms with Gasteiger partial charge in [-0.1, -0.05) is 45.1 Å². The molecule has 6 nitrogen and oxygen atoms in total. The van der Waals surface area contributed by atoms with Crippen molar-refractivity contribution in [1.29, 1.82) is 0 Å². The Balaban J connectivity index is 1.38. The number of carbonyl (C=O) groups excluding carboxylic acids is 1. The quantitative estimate of drug-likeness (QED) is 0.226. The number of rotatable bonds is 13. The molecule has 0 saturated carbocycles. The number of aromatic nitrogens is 1. The van der Waals surface area contributed by atoms with E-state index in [1.807, 2.05) is 38.1 Å². The molecule has 3 aromatic rings. The van der Waals surface area contributed by atoms with Crippen LogP contribution in [0.5, 0.6) is 5.75 Å². The number of unbranched alkanes of at least 4 members (excludes halogenated alkanes) is 6. The van der Waals surface area contributed by atoms with Crippen LogP contribution in [0.25, 0.3) is 22.1 Å². The SMILES string of the molecule is CCC(=O)OCCCCCCCCCOc1ccc(-c2cc3cnccc3oc2=O)cc1C. The van der Waals surface area contributed by atoms with Gasteiger partial charge in [-0.25, -0.2) is 4.79 Å². The molecule has 0 saturated heterocycles. The Labute approximate surface area is 194 Å². The zero-order valence-electron chi connectivity index (χ0n) is 19.6. The van der Waals surface area contributed by atoms with E-state index in [9.17, 15) is 9.59 Å². The van der Waals surface area contributed by atoms with Crippen LogP contribution < -0.4 is 10.4 Å². The molecule has 0 amide bonds. The molecule has 1 aromatic carbocycles. The molecular formula is C27H33NO5. The van der Waals surface area contributed by atoms with Crippen molar-refractivity contribution in [3.63, 3.8) is 0 Å². The molecule has 0 fully saturated rings. The normalized spacial score (nSPS) is 11.0. The van der Waals surface area contributed by atoms with Gasteiger partial charge in [-0.3, -0.25) is 9.78 Å². The summed E-state index contributed by atoms with van der Waals surface area (Å²) < 4.78 is 16.5. The topological polar surface area (TPSA) is 78.6 Å². The summed E-state index contributed by atoms with van der Waals surface area (Å²) in [5, 5.41) is 0.796. The third kappa shape index (κ3) is 7.45. The third-order valence-corrected chi connectivity index (χ3v) is 5.62. The lowest BCUT2D eigenvalue weighted by molar-refractivity contribution is -0.143. The highest BCUT2D eigenvalue weighted by molar-refractivity contribution is 5.80. The van der Waals surface area contributed by atoms with Gasteiger partial charge in [-0.15, -0.1) is 0 Å². The van der Waals surface area contributed by atoms with Gasteiger partial charge in [0.1, 0.15) is 11.3 Å². The zero-order chi connectivity index (χ0) is 23.5. The predicted molar refractivity (Wildman–Crippen MR) is 130 cm³/mol. The van der Waals surface area contributed by atoms with E-state index in [0.717, 1.165) is 47.9 Å². The van der Waals surface area contributed by atoms with Crippen LogP contribution >= 0.6 is 0 Å².